The van der Waals surface area contributed by atoms with E-state index in [-0.39, 0.29) is 29.4 Å². The highest BCUT2D eigenvalue weighted by molar-refractivity contribution is 14.0. The van der Waals surface area contributed by atoms with Crippen molar-refractivity contribution in [2.24, 2.45) is 4.99 Å². The molecule has 6 nitrogen and oxygen atoms in total. The van der Waals surface area contributed by atoms with Gasteiger partial charge in [-0.05, 0) is 36.6 Å². The summed E-state index contributed by atoms with van der Waals surface area (Å²) in [6.45, 7) is 2.38. The maximum Gasteiger partial charge on any atom is 0.218 e. The second kappa shape index (κ2) is 11.6. The molecule has 8 heteroatoms. The number of ether oxygens (including phenoxy) is 2. The number of methoxy groups -OCH3 is 1. The van der Waals surface area contributed by atoms with Crippen molar-refractivity contribution in [1.29, 1.82) is 0 Å². The van der Waals surface area contributed by atoms with Crippen LogP contribution in [0, 0.1) is 0 Å². The van der Waals surface area contributed by atoms with Crippen molar-refractivity contribution in [1.82, 2.24) is 15.6 Å². The number of hydrogen-bond acceptors (Lipinski definition) is 4. The molecule has 0 unspecified atom stereocenters. The van der Waals surface area contributed by atoms with Gasteiger partial charge in [0, 0.05) is 49.4 Å². The molecule has 2 aromatic rings. The molecule has 0 saturated heterocycles. The normalized spacial score (nSPS) is 14.7. The van der Waals surface area contributed by atoms with Gasteiger partial charge in [0.25, 0.3) is 0 Å². The van der Waals surface area contributed by atoms with E-state index >= 15 is 0 Å². The van der Waals surface area contributed by atoms with Crippen LogP contribution in [-0.2, 0) is 16.7 Å². The molecule has 1 aromatic heterocycles. The van der Waals surface area contributed by atoms with E-state index in [0.717, 1.165) is 35.9 Å². The molecule has 1 aromatic carbocycles. The van der Waals surface area contributed by atoms with Gasteiger partial charge in [-0.15, -0.1) is 24.0 Å². The molecule has 29 heavy (non-hydrogen) atoms. The highest BCUT2D eigenvalue weighted by Crippen LogP contribution is 2.48. The summed E-state index contributed by atoms with van der Waals surface area (Å²) in [6.07, 6.45) is 4.02. The summed E-state index contributed by atoms with van der Waals surface area (Å²) < 4.78 is 10.7. The molecule has 0 radical (unpaired) electrons. The Morgan fingerprint density at radius 2 is 2.03 bits per heavy atom. The molecule has 1 saturated carbocycles. The number of halogens is 2. The predicted molar refractivity (Wildman–Crippen MR) is 128 cm³/mol. The highest BCUT2D eigenvalue weighted by atomic mass is 127. The van der Waals surface area contributed by atoms with Gasteiger partial charge in [0.1, 0.15) is 6.61 Å². The van der Waals surface area contributed by atoms with Crippen LogP contribution < -0.4 is 15.4 Å². The number of nitrogens with zero attached hydrogens (tertiary/aromatic N) is 2. The fourth-order valence-electron chi connectivity index (χ4n) is 3.10. The van der Waals surface area contributed by atoms with Gasteiger partial charge in [-0.3, -0.25) is 4.99 Å². The van der Waals surface area contributed by atoms with Gasteiger partial charge < -0.3 is 20.1 Å². The quantitative estimate of drug-likeness (QED) is 0.224. The van der Waals surface area contributed by atoms with Crippen LogP contribution in [-0.4, -0.2) is 44.9 Å². The average Bonchev–Trinajstić information content (AvgIpc) is 3.50. The third-order valence-electron chi connectivity index (χ3n) is 4.93. The summed E-state index contributed by atoms with van der Waals surface area (Å²) in [4.78, 5) is 8.64. The largest absolute Gasteiger partial charge is 0.475 e. The van der Waals surface area contributed by atoms with E-state index in [1.54, 1.807) is 20.4 Å². The lowest BCUT2D eigenvalue weighted by Crippen LogP contribution is -2.41. The first-order chi connectivity index (χ1) is 13.7. The Balaban J connectivity index is 0.00000300. The monoisotopic (exact) mass is 530 g/mol. The number of guanidine groups is 1. The van der Waals surface area contributed by atoms with Crippen molar-refractivity contribution in [3.63, 3.8) is 0 Å². The zero-order chi connectivity index (χ0) is 19.8. The first kappa shape index (κ1) is 23.7. The van der Waals surface area contributed by atoms with Gasteiger partial charge in [0.15, 0.2) is 5.96 Å². The van der Waals surface area contributed by atoms with Gasteiger partial charge in [0.2, 0.25) is 5.88 Å². The summed E-state index contributed by atoms with van der Waals surface area (Å²) in [5.74, 6) is 1.36. The lowest BCUT2D eigenvalue weighted by Gasteiger charge is -2.19. The summed E-state index contributed by atoms with van der Waals surface area (Å²) in [6, 6.07) is 12.0. The Kier molecular flexibility index (Phi) is 9.45. The van der Waals surface area contributed by atoms with Gasteiger partial charge in [-0.25, -0.2) is 4.98 Å². The third kappa shape index (κ3) is 6.72. The molecule has 3 rings (SSSR count). The predicted octanol–water partition coefficient (Wildman–Crippen LogP) is 3.78. The number of benzene rings is 1. The Hall–Kier alpha value is -1.58. The fraction of sp³-hybridized carbons (Fsp3) is 0.429. The standard InChI is InChI=1S/C21H27ClN4O2.HI/c1-23-20(25-14-16-5-4-10-24-19(16)28-12-11-27-2)26-15-21(8-9-21)17-6-3-7-18(22)13-17;/h3-7,10,13H,8-9,11-12,14-15H2,1-2H3,(H2,23,25,26);1H. The van der Waals surface area contributed by atoms with Crippen molar-refractivity contribution in [3.8, 4) is 5.88 Å². The molecule has 1 aliphatic rings. The van der Waals surface area contributed by atoms with Crippen LogP contribution in [0.25, 0.3) is 0 Å². The summed E-state index contributed by atoms with van der Waals surface area (Å²) in [7, 11) is 3.42. The van der Waals surface area contributed by atoms with Gasteiger partial charge in [0.05, 0.1) is 6.61 Å². The molecule has 1 fully saturated rings. The second-order valence-electron chi connectivity index (χ2n) is 6.88. The Morgan fingerprint density at radius 3 is 2.72 bits per heavy atom. The zero-order valence-corrected chi connectivity index (χ0v) is 19.9. The van der Waals surface area contributed by atoms with E-state index in [1.165, 1.54) is 5.56 Å². The first-order valence-electron chi connectivity index (χ1n) is 9.43. The minimum absolute atomic E-state index is 0. The number of pyridine rings is 1. The van der Waals surface area contributed by atoms with Crippen molar-refractivity contribution in [2.45, 2.75) is 24.8 Å². The molecule has 0 bridgehead atoms. The number of rotatable bonds is 9. The molecule has 0 aliphatic heterocycles. The first-order valence-corrected chi connectivity index (χ1v) is 9.81. The topological polar surface area (TPSA) is 67.8 Å². The molecule has 0 spiro atoms. The molecule has 2 N–H and O–H groups in total. The van der Waals surface area contributed by atoms with Crippen LogP contribution in [0.15, 0.2) is 47.6 Å². The molecule has 1 heterocycles. The summed E-state index contributed by atoms with van der Waals surface area (Å²) in [5.41, 5.74) is 2.40. The minimum atomic E-state index is 0. The Morgan fingerprint density at radius 1 is 1.21 bits per heavy atom. The Bertz CT molecular complexity index is 815. The van der Waals surface area contributed by atoms with Crippen molar-refractivity contribution >= 4 is 41.5 Å². The maximum absolute atomic E-state index is 6.16. The smallest absolute Gasteiger partial charge is 0.218 e. The van der Waals surface area contributed by atoms with E-state index in [4.69, 9.17) is 21.1 Å². The van der Waals surface area contributed by atoms with E-state index in [2.05, 4.69) is 32.7 Å². The van der Waals surface area contributed by atoms with Gasteiger partial charge in [-0.1, -0.05) is 29.8 Å². The van der Waals surface area contributed by atoms with Crippen LogP contribution in [0.4, 0.5) is 0 Å². The maximum atomic E-state index is 6.16. The molecule has 0 amide bonds. The van der Waals surface area contributed by atoms with Crippen LogP contribution in [0.2, 0.25) is 5.02 Å². The summed E-state index contributed by atoms with van der Waals surface area (Å²) in [5, 5.41) is 7.57. The van der Waals surface area contributed by atoms with Crippen molar-refractivity contribution in [3.05, 3.63) is 58.7 Å². The summed E-state index contributed by atoms with van der Waals surface area (Å²) >= 11 is 6.16. The number of aromatic nitrogens is 1. The zero-order valence-electron chi connectivity index (χ0n) is 16.8. The lowest BCUT2D eigenvalue weighted by atomic mass is 9.96. The van der Waals surface area contributed by atoms with Crippen molar-refractivity contribution in [2.75, 3.05) is 33.9 Å². The van der Waals surface area contributed by atoms with E-state index in [0.29, 0.717) is 25.6 Å². The molecule has 0 atom stereocenters. The lowest BCUT2D eigenvalue weighted by molar-refractivity contribution is 0.143. The minimum Gasteiger partial charge on any atom is -0.475 e. The molecule has 158 valence electrons. The Labute approximate surface area is 194 Å². The highest BCUT2D eigenvalue weighted by Gasteiger charge is 2.44. The van der Waals surface area contributed by atoms with Crippen LogP contribution in [0.5, 0.6) is 5.88 Å². The molecule has 1 aliphatic carbocycles. The number of nitrogens with one attached hydrogen (secondary N) is 2. The molecular weight excluding hydrogens is 503 g/mol. The van der Waals surface area contributed by atoms with E-state index in [9.17, 15) is 0 Å². The van der Waals surface area contributed by atoms with Crippen LogP contribution in [0.3, 0.4) is 0 Å². The third-order valence-corrected chi connectivity index (χ3v) is 5.17. The van der Waals surface area contributed by atoms with Crippen LogP contribution >= 0.6 is 35.6 Å². The van der Waals surface area contributed by atoms with Gasteiger partial charge in [-0.2, -0.15) is 0 Å². The number of aliphatic imine (C=N–C) groups is 1. The van der Waals surface area contributed by atoms with Crippen molar-refractivity contribution < 1.29 is 9.47 Å². The van der Waals surface area contributed by atoms with E-state index in [1.807, 2.05) is 24.3 Å². The number of hydrogen-bond donors (Lipinski definition) is 2. The van der Waals surface area contributed by atoms with Gasteiger partial charge >= 0.3 is 0 Å². The van der Waals surface area contributed by atoms with Crippen LogP contribution in [0.1, 0.15) is 24.0 Å². The van der Waals surface area contributed by atoms with E-state index < -0.39 is 0 Å². The fourth-order valence-corrected chi connectivity index (χ4v) is 3.29. The SMILES string of the molecule is CN=C(NCc1cccnc1OCCOC)NCC1(c2cccc(Cl)c2)CC1.I. The molecular formula is C21H28ClIN4O2. The second-order valence-corrected chi connectivity index (χ2v) is 7.32. The average molecular weight is 531 g/mol.